The maximum Gasteiger partial charge on any atom is 0.101 e. The molecule has 1 aromatic carbocycles. The number of hydrogen-bond acceptors (Lipinski definition) is 4. The van der Waals surface area contributed by atoms with Gasteiger partial charge in [0.05, 0.1) is 11.1 Å². The maximum atomic E-state index is 4.54. The van der Waals surface area contributed by atoms with Crippen molar-refractivity contribution < 1.29 is 0 Å². The molecule has 0 spiro atoms. The summed E-state index contributed by atoms with van der Waals surface area (Å²) in [6.45, 7) is 20.7. The Hall–Kier alpha value is -1.58. The van der Waals surface area contributed by atoms with Crippen molar-refractivity contribution in [3.63, 3.8) is 0 Å². The first-order valence-corrected chi connectivity index (χ1v) is 8.62. The van der Waals surface area contributed by atoms with Crippen molar-refractivity contribution in [1.29, 1.82) is 0 Å². The zero-order valence-corrected chi connectivity index (χ0v) is 17.1. The molecule has 1 aromatic rings. The predicted octanol–water partition coefficient (Wildman–Crippen LogP) is 6.66. The predicted molar refractivity (Wildman–Crippen MR) is 102 cm³/mol. The summed E-state index contributed by atoms with van der Waals surface area (Å²) in [7, 11) is 0. The molecule has 1 rings (SSSR count). The van der Waals surface area contributed by atoms with Crippen LogP contribution >= 0.6 is 0 Å². The Morgan fingerprint density at radius 3 is 0.917 bits per heavy atom. The standard InChI is InChI=1S/C20H34N4/c1-17(2,3)21-23-19(7,8)15-11-13-16(14-12-15)20(9,10)24-22-18(4,5)6/h11-14H,1-10H3. The van der Waals surface area contributed by atoms with Gasteiger partial charge in [0.15, 0.2) is 0 Å². The van der Waals surface area contributed by atoms with Crippen LogP contribution in [0.1, 0.15) is 80.4 Å². The molecule has 0 aromatic heterocycles. The fourth-order valence-electron chi connectivity index (χ4n) is 1.95. The lowest BCUT2D eigenvalue weighted by Gasteiger charge is -2.24. The Kier molecular flexibility index (Phi) is 5.74. The second-order valence-electron chi connectivity index (χ2n) is 9.44. The first kappa shape index (κ1) is 20.5. The lowest BCUT2D eigenvalue weighted by atomic mass is 9.90. The van der Waals surface area contributed by atoms with Crippen molar-refractivity contribution in [3.05, 3.63) is 35.4 Å². The molecule has 0 atom stereocenters. The zero-order valence-electron chi connectivity index (χ0n) is 17.1. The Morgan fingerprint density at radius 1 is 0.458 bits per heavy atom. The van der Waals surface area contributed by atoms with Gasteiger partial charge in [0.25, 0.3) is 0 Å². The molecule has 0 bridgehead atoms. The summed E-state index contributed by atoms with van der Waals surface area (Å²) in [6, 6.07) is 8.47. The summed E-state index contributed by atoms with van der Waals surface area (Å²) < 4.78 is 0. The van der Waals surface area contributed by atoms with Crippen LogP contribution in [-0.2, 0) is 11.1 Å². The van der Waals surface area contributed by atoms with Gasteiger partial charge in [-0.2, -0.15) is 20.5 Å². The van der Waals surface area contributed by atoms with Gasteiger partial charge in [-0.15, -0.1) is 0 Å². The van der Waals surface area contributed by atoms with Crippen LogP contribution in [0.25, 0.3) is 0 Å². The third-order valence-corrected chi connectivity index (χ3v) is 3.50. The first-order chi connectivity index (χ1) is 10.6. The van der Waals surface area contributed by atoms with Crippen molar-refractivity contribution >= 4 is 0 Å². The molecular weight excluding hydrogens is 296 g/mol. The first-order valence-electron chi connectivity index (χ1n) is 8.62. The van der Waals surface area contributed by atoms with Crippen LogP contribution in [0.15, 0.2) is 44.7 Å². The van der Waals surface area contributed by atoms with Crippen LogP contribution in [0.5, 0.6) is 0 Å². The van der Waals surface area contributed by atoms with E-state index < -0.39 is 0 Å². The van der Waals surface area contributed by atoms with E-state index >= 15 is 0 Å². The van der Waals surface area contributed by atoms with Crippen molar-refractivity contribution in [3.8, 4) is 0 Å². The van der Waals surface area contributed by atoms with E-state index in [9.17, 15) is 0 Å². The Morgan fingerprint density at radius 2 is 0.708 bits per heavy atom. The minimum Gasteiger partial charge on any atom is -0.187 e. The van der Waals surface area contributed by atoms with Crippen molar-refractivity contribution in [2.75, 3.05) is 0 Å². The molecule has 134 valence electrons. The average Bonchev–Trinajstić information content (AvgIpc) is 2.42. The fraction of sp³-hybridized carbons (Fsp3) is 0.700. The monoisotopic (exact) mass is 330 g/mol. The number of nitrogens with zero attached hydrogens (tertiary/aromatic N) is 4. The van der Waals surface area contributed by atoms with E-state index in [1.54, 1.807) is 0 Å². The molecule has 24 heavy (non-hydrogen) atoms. The van der Waals surface area contributed by atoms with E-state index in [0.717, 1.165) is 11.1 Å². The zero-order chi connectivity index (χ0) is 18.8. The van der Waals surface area contributed by atoms with Crippen molar-refractivity contribution in [2.45, 2.75) is 91.4 Å². The minimum atomic E-state index is -0.344. The lowest BCUT2D eigenvalue weighted by molar-refractivity contribution is 0.446. The summed E-state index contributed by atoms with van der Waals surface area (Å²) >= 11 is 0. The molecule has 0 aliphatic heterocycles. The van der Waals surface area contributed by atoms with Crippen LogP contribution in [0.4, 0.5) is 0 Å². The molecule has 0 aliphatic rings. The normalized spacial score (nSPS) is 14.8. The van der Waals surface area contributed by atoms with E-state index in [0.29, 0.717) is 0 Å². The third kappa shape index (κ3) is 6.50. The average molecular weight is 331 g/mol. The number of rotatable bonds is 4. The lowest BCUT2D eigenvalue weighted by Crippen LogP contribution is -2.19. The van der Waals surface area contributed by atoms with E-state index in [4.69, 9.17) is 0 Å². The van der Waals surface area contributed by atoms with Crippen LogP contribution in [-0.4, -0.2) is 11.1 Å². The van der Waals surface area contributed by atoms with Crippen LogP contribution < -0.4 is 0 Å². The van der Waals surface area contributed by atoms with E-state index in [1.165, 1.54) is 0 Å². The molecule has 0 N–H and O–H groups in total. The molecule has 0 unspecified atom stereocenters. The quantitative estimate of drug-likeness (QED) is 0.554. The van der Waals surface area contributed by atoms with E-state index in [-0.39, 0.29) is 22.2 Å². The van der Waals surface area contributed by atoms with Gasteiger partial charge in [-0.25, -0.2) is 0 Å². The van der Waals surface area contributed by atoms with Gasteiger partial charge in [0, 0.05) is 0 Å². The summed E-state index contributed by atoms with van der Waals surface area (Å²) in [5.74, 6) is 0. The molecule has 0 saturated carbocycles. The molecule has 0 fully saturated rings. The Bertz CT molecular complexity index is 539. The molecule has 0 amide bonds. The molecule has 0 radical (unpaired) electrons. The van der Waals surface area contributed by atoms with Gasteiger partial charge in [-0.3, -0.25) is 0 Å². The van der Waals surface area contributed by atoms with Crippen molar-refractivity contribution in [2.24, 2.45) is 20.5 Å². The summed E-state index contributed by atoms with van der Waals surface area (Å²) in [5, 5.41) is 17.9. The highest BCUT2D eigenvalue weighted by Gasteiger charge is 2.24. The summed E-state index contributed by atoms with van der Waals surface area (Å²) in [6.07, 6.45) is 0. The molecular formula is C20H34N4. The molecule has 0 heterocycles. The largest absolute Gasteiger partial charge is 0.187 e. The maximum absolute atomic E-state index is 4.54. The topological polar surface area (TPSA) is 49.4 Å². The highest BCUT2D eigenvalue weighted by atomic mass is 15.2. The molecule has 0 saturated heterocycles. The highest BCUT2D eigenvalue weighted by molar-refractivity contribution is 5.31. The molecule has 0 aliphatic carbocycles. The highest BCUT2D eigenvalue weighted by Crippen LogP contribution is 2.31. The van der Waals surface area contributed by atoms with Crippen LogP contribution in [0.2, 0.25) is 0 Å². The van der Waals surface area contributed by atoms with E-state index in [1.807, 2.05) is 0 Å². The summed E-state index contributed by atoms with van der Waals surface area (Å²) in [5.41, 5.74) is 1.27. The van der Waals surface area contributed by atoms with Gasteiger partial charge < -0.3 is 0 Å². The second-order valence-corrected chi connectivity index (χ2v) is 9.44. The molecule has 4 nitrogen and oxygen atoms in total. The van der Waals surface area contributed by atoms with Gasteiger partial charge in [0.1, 0.15) is 11.1 Å². The van der Waals surface area contributed by atoms with Gasteiger partial charge in [-0.1, -0.05) is 24.3 Å². The third-order valence-electron chi connectivity index (χ3n) is 3.50. The number of benzene rings is 1. The molecule has 4 heteroatoms. The second kappa shape index (κ2) is 6.73. The van der Waals surface area contributed by atoms with Gasteiger partial charge in [0.2, 0.25) is 0 Å². The van der Waals surface area contributed by atoms with Gasteiger partial charge >= 0.3 is 0 Å². The van der Waals surface area contributed by atoms with Crippen molar-refractivity contribution in [1.82, 2.24) is 0 Å². The van der Waals surface area contributed by atoms with Crippen LogP contribution in [0.3, 0.4) is 0 Å². The number of hydrogen-bond donors (Lipinski definition) is 0. The number of azo groups is 2. The smallest absolute Gasteiger partial charge is 0.101 e. The Balaban J connectivity index is 3.04. The Labute approximate surface area is 147 Å². The fourth-order valence-corrected chi connectivity index (χ4v) is 1.95. The van der Waals surface area contributed by atoms with Gasteiger partial charge in [-0.05, 0) is 80.4 Å². The SMILES string of the molecule is CC(C)(C)N=NC(C)(C)c1ccc(C(C)(C)N=NC(C)(C)C)cc1. The minimum absolute atomic E-state index is 0.160. The van der Waals surface area contributed by atoms with Crippen LogP contribution in [0, 0.1) is 0 Å². The summed E-state index contributed by atoms with van der Waals surface area (Å²) in [4.78, 5) is 0. The van der Waals surface area contributed by atoms with E-state index in [2.05, 4.69) is 114 Å².